The molecule has 2 aliphatic rings. The van der Waals surface area contributed by atoms with E-state index >= 15 is 0 Å². The van der Waals surface area contributed by atoms with Crippen molar-refractivity contribution in [1.29, 1.82) is 0 Å². The third-order valence-electron chi connectivity index (χ3n) is 3.51. The van der Waals surface area contributed by atoms with Crippen molar-refractivity contribution in [3.63, 3.8) is 0 Å². The largest absolute Gasteiger partial charge is 0.376 e. The highest BCUT2D eigenvalue weighted by molar-refractivity contribution is 5.06. The highest BCUT2D eigenvalue weighted by Gasteiger charge is 2.56. The second-order valence-corrected chi connectivity index (χ2v) is 5.03. The molecule has 1 saturated heterocycles. The Morgan fingerprint density at radius 1 is 1.50 bits per heavy atom. The molecule has 0 aromatic rings. The number of rotatable bonds is 1. The lowest BCUT2D eigenvalue weighted by Crippen LogP contribution is -2.36. The first-order chi connectivity index (χ1) is 5.58. The van der Waals surface area contributed by atoms with Crippen molar-refractivity contribution in [3.05, 3.63) is 0 Å². The predicted octanol–water partition coefficient (Wildman–Crippen LogP) is 1.54. The second-order valence-electron chi connectivity index (χ2n) is 5.03. The average molecular weight is 169 g/mol. The van der Waals surface area contributed by atoms with Gasteiger partial charge in [-0.2, -0.15) is 0 Å². The molecule has 70 valence electrons. The van der Waals surface area contributed by atoms with Crippen molar-refractivity contribution in [2.24, 2.45) is 17.1 Å². The summed E-state index contributed by atoms with van der Waals surface area (Å²) in [5, 5.41) is 0. The molecule has 2 unspecified atom stereocenters. The van der Waals surface area contributed by atoms with Crippen LogP contribution in [0.4, 0.5) is 0 Å². The third-order valence-corrected chi connectivity index (χ3v) is 3.51. The quantitative estimate of drug-likeness (QED) is 0.646. The smallest absolute Gasteiger partial charge is 0.0631 e. The summed E-state index contributed by atoms with van der Waals surface area (Å²) < 4.78 is 5.69. The molecule has 1 spiro atoms. The van der Waals surface area contributed by atoms with Crippen LogP contribution in [-0.2, 0) is 4.74 Å². The Labute approximate surface area is 74.5 Å². The molecule has 0 aromatic heterocycles. The average Bonchev–Trinajstić information content (AvgIpc) is 2.60. The third kappa shape index (κ3) is 1.27. The summed E-state index contributed by atoms with van der Waals surface area (Å²) >= 11 is 0. The Morgan fingerprint density at radius 3 is 2.75 bits per heavy atom. The van der Waals surface area contributed by atoms with Gasteiger partial charge in [0.05, 0.1) is 5.60 Å². The van der Waals surface area contributed by atoms with E-state index in [0.29, 0.717) is 5.41 Å². The van der Waals surface area contributed by atoms with Crippen LogP contribution in [0.5, 0.6) is 0 Å². The predicted molar refractivity (Wildman–Crippen MR) is 48.9 cm³/mol. The van der Waals surface area contributed by atoms with Crippen LogP contribution in [0.25, 0.3) is 0 Å². The topological polar surface area (TPSA) is 35.2 Å². The Balaban J connectivity index is 2.01. The van der Waals surface area contributed by atoms with Gasteiger partial charge in [0.1, 0.15) is 0 Å². The first-order valence-electron chi connectivity index (χ1n) is 4.92. The fourth-order valence-electron chi connectivity index (χ4n) is 2.81. The van der Waals surface area contributed by atoms with Crippen LogP contribution in [0.3, 0.4) is 0 Å². The van der Waals surface area contributed by atoms with Crippen LogP contribution in [0, 0.1) is 11.3 Å². The van der Waals surface area contributed by atoms with Gasteiger partial charge in [-0.05, 0) is 51.0 Å². The number of nitrogens with two attached hydrogens (primary N) is 1. The first kappa shape index (κ1) is 8.52. The number of hydrogen-bond donors (Lipinski definition) is 1. The zero-order chi connectivity index (χ0) is 8.82. The van der Waals surface area contributed by atoms with Gasteiger partial charge in [-0.1, -0.05) is 0 Å². The van der Waals surface area contributed by atoms with E-state index < -0.39 is 0 Å². The van der Waals surface area contributed by atoms with E-state index in [2.05, 4.69) is 13.8 Å². The molecule has 0 radical (unpaired) electrons. The molecule has 0 amide bonds. The maximum Gasteiger partial charge on any atom is 0.0631 e. The van der Waals surface area contributed by atoms with Crippen molar-refractivity contribution in [2.45, 2.75) is 38.7 Å². The minimum absolute atomic E-state index is 0.0994. The van der Waals surface area contributed by atoms with Gasteiger partial charge in [0.15, 0.2) is 0 Å². The highest BCUT2D eigenvalue weighted by Crippen LogP contribution is 2.61. The molecule has 1 aliphatic carbocycles. The van der Waals surface area contributed by atoms with E-state index in [1.165, 1.54) is 19.3 Å². The van der Waals surface area contributed by atoms with E-state index in [0.717, 1.165) is 19.1 Å². The highest BCUT2D eigenvalue weighted by atomic mass is 16.5. The monoisotopic (exact) mass is 169 g/mol. The Bertz CT molecular complexity index is 190. The van der Waals surface area contributed by atoms with E-state index in [1.54, 1.807) is 0 Å². The molecule has 2 N–H and O–H groups in total. The van der Waals surface area contributed by atoms with Gasteiger partial charge < -0.3 is 10.5 Å². The summed E-state index contributed by atoms with van der Waals surface area (Å²) in [6, 6.07) is 0. The molecule has 1 saturated carbocycles. The maximum atomic E-state index is 5.69. The minimum atomic E-state index is 0.0994. The molecule has 2 nitrogen and oxygen atoms in total. The van der Waals surface area contributed by atoms with Gasteiger partial charge in [-0.15, -0.1) is 0 Å². The number of hydrogen-bond acceptors (Lipinski definition) is 2. The molecular formula is C10H19NO. The van der Waals surface area contributed by atoms with Crippen LogP contribution in [0.15, 0.2) is 0 Å². The normalized spacial score (nSPS) is 44.8. The van der Waals surface area contributed by atoms with Gasteiger partial charge in [-0.25, -0.2) is 0 Å². The van der Waals surface area contributed by atoms with Crippen LogP contribution in [0.2, 0.25) is 0 Å². The van der Waals surface area contributed by atoms with Crippen LogP contribution in [0.1, 0.15) is 33.1 Å². The lowest BCUT2D eigenvalue weighted by atomic mass is 9.84. The van der Waals surface area contributed by atoms with Crippen molar-refractivity contribution >= 4 is 0 Å². The number of ether oxygens (including phenoxy) is 1. The summed E-state index contributed by atoms with van der Waals surface area (Å²) in [5.41, 5.74) is 6.37. The first-order valence-corrected chi connectivity index (χ1v) is 4.92. The SMILES string of the molecule is CC1(C)CC2(CCO1)CC2CN. The zero-order valence-corrected chi connectivity index (χ0v) is 8.10. The summed E-state index contributed by atoms with van der Waals surface area (Å²) in [6.45, 7) is 6.19. The Morgan fingerprint density at radius 2 is 2.25 bits per heavy atom. The summed E-state index contributed by atoms with van der Waals surface area (Å²) in [4.78, 5) is 0. The van der Waals surface area contributed by atoms with E-state index in [9.17, 15) is 0 Å². The van der Waals surface area contributed by atoms with Crippen molar-refractivity contribution < 1.29 is 4.74 Å². The Hall–Kier alpha value is -0.0800. The van der Waals surface area contributed by atoms with Crippen LogP contribution in [-0.4, -0.2) is 18.8 Å². The van der Waals surface area contributed by atoms with Gasteiger partial charge in [0.25, 0.3) is 0 Å². The molecular weight excluding hydrogens is 150 g/mol. The molecule has 12 heavy (non-hydrogen) atoms. The summed E-state index contributed by atoms with van der Waals surface area (Å²) in [5.74, 6) is 0.792. The fraction of sp³-hybridized carbons (Fsp3) is 1.00. The van der Waals surface area contributed by atoms with Gasteiger partial charge in [0, 0.05) is 6.61 Å². The standard InChI is InChI=1S/C10H19NO/c1-9(2)7-10(3-4-12-9)5-8(10)6-11/h8H,3-7,11H2,1-2H3. The molecule has 0 aromatic carbocycles. The molecule has 2 fully saturated rings. The van der Waals surface area contributed by atoms with Gasteiger partial charge in [-0.3, -0.25) is 0 Å². The molecule has 1 aliphatic heterocycles. The van der Waals surface area contributed by atoms with Crippen molar-refractivity contribution in [1.82, 2.24) is 0 Å². The summed E-state index contributed by atoms with van der Waals surface area (Å²) in [7, 11) is 0. The van der Waals surface area contributed by atoms with E-state index in [-0.39, 0.29) is 5.60 Å². The van der Waals surface area contributed by atoms with E-state index in [1.807, 2.05) is 0 Å². The zero-order valence-electron chi connectivity index (χ0n) is 8.10. The fourth-order valence-corrected chi connectivity index (χ4v) is 2.81. The van der Waals surface area contributed by atoms with Gasteiger partial charge in [0.2, 0.25) is 0 Å². The summed E-state index contributed by atoms with van der Waals surface area (Å²) in [6.07, 6.45) is 3.79. The lowest BCUT2D eigenvalue weighted by molar-refractivity contribution is -0.0819. The van der Waals surface area contributed by atoms with Crippen molar-refractivity contribution in [2.75, 3.05) is 13.2 Å². The molecule has 1 heterocycles. The molecule has 2 atom stereocenters. The van der Waals surface area contributed by atoms with Crippen LogP contribution < -0.4 is 5.73 Å². The minimum Gasteiger partial charge on any atom is -0.376 e. The molecule has 2 heteroatoms. The molecule has 0 bridgehead atoms. The molecule has 2 rings (SSSR count). The van der Waals surface area contributed by atoms with E-state index in [4.69, 9.17) is 10.5 Å². The lowest BCUT2D eigenvalue weighted by Gasteiger charge is -2.36. The second kappa shape index (κ2) is 2.46. The van der Waals surface area contributed by atoms with Gasteiger partial charge >= 0.3 is 0 Å². The Kier molecular flexibility index (Phi) is 1.74. The van der Waals surface area contributed by atoms with Crippen molar-refractivity contribution in [3.8, 4) is 0 Å². The maximum absolute atomic E-state index is 5.69. The van der Waals surface area contributed by atoms with Crippen LogP contribution >= 0.6 is 0 Å².